The number of nitrogens with zero attached hydrogens (tertiary/aromatic N) is 3. The molecule has 0 atom stereocenters. The topological polar surface area (TPSA) is 130 Å². The molecule has 0 saturated carbocycles. The molecule has 0 amide bonds. The van der Waals surface area contributed by atoms with E-state index in [4.69, 9.17) is 11.0 Å². The van der Waals surface area contributed by atoms with Gasteiger partial charge in [0.2, 0.25) is 0 Å². The molecule has 0 radical (unpaired) electrons. The Balaban J connectivity index is 2.26. The molecule has 0 heterocycles. The van der Waals surface area contributed by atoms with E-state index in [2.05, 4.69) is 31.4 Å². The molecular weight excluding hydrogens is 384 g/mol. The highest BCUT2D eigenvalue weighted by Gasteiger charge is 2.12. The smallest absolute Gasteiger partial charge is 0.338 e. The van der Waals surface area contributed by atoms with Gasteiger partial charge < -0.3 is 15.7 Å². The third-order valence-electron chi connectivity index (χ3n) is 3.95. The van der Waals surface area contributed by atoms with Crippen molar-refractivity contribution >= 4 is 35.1 Å². The van der Waals surface area contributed by atoms with Crippen molar-refractivity contribution < 1.29 is 24.5 Å². The molecule has 150 valence electrons. The third kappa shape index (κ3) is 5.75. The van der Waals surface area contributed by atoms with Crippen molar-refractivity contribution in [2.75, 3.05) is 24.5 Å². The molecule has 0 aliphatic heterocycles. The van der Waals surface area contributed by atoms with E-state index in [0.29, 0.717) is 29.2 Å². The molecular formula is C18H22N4O5S. The van der Waals surface area contributed by atoms with Gasteiger partial charge in [0.05, 0.1) is 23.3 Å². The van der Waals surface area contributed by atoms with E-state index in [1.807, 2.05) is 25.1 Å². The summed E-state index contributed by atoms with van der Waals surface area (Å²) in [7, 11) is 0. The molecule has 9 nitrogen and oxygen atoms in total. The van der Waals surface area contributed by atoms with E-state index >= 15 is 0 Å². The first-order valence-corrected chi connectivity index (χ1v) is 9.23. The zero-order valence-electron chi connectivity index (χ0n) is 15.5. The normalized spacial score (nSPS) is 11.1. The summed E-state index contributed by atoms with van der Waals surface area (Å²) in [5, 5.41) is 29.4. The molecule has 2 aromatic carbocycles. The minimum Gasteiger partial charge on any atom is -0.478 e. The standard InChI is InChI=1S/C18H22N4O5S/c1-3-22(9-8-19)13-4-6-16(12(2)10-13)20-21-17-7-5-14(28-27-26-25)11-15(17)18(23)24/h4-7,10-11,25H,3,8-9,19H2,1-2H3,(H,23,24). The molecule has 0 aromatic heterocycles. The van der Waals surface area contributed by atoms with Crippen molar-refractivity contribution in [2.24, 2.45) is 16.0 Å². The maximum Gasteiger partial charge on any atom is 0.338 e. The lowest BCUT2D eigenvalue weighted by atomic mass is 10.1. The number of hydrogen-bond donors (Lipinski definition) is 3. The van der Waals surface area contributed by atoms with Crippen molar-refractivity contribution in [1.29, 1.82) is 0 Å². The summed E-state index contributed by atoms with van der Waals surface area (Å²) < 4.78 is 4.31. The Bertz CT molecular complexity index is 847. The largest absolute Gasteiger partial charge is 0.478 e. The number of carboxylic acid groups (broad SMARTS) is 1. The number of carboxylic acids is 1. The van der Waals surface area contributed by atoms with Crippen LogP contribution in [0.15, 0.2) is 51.5 Å². The molecule has 2 aromatic rings. The number of rotatable bonds is 10. The van der Waals surface area contributed by atoms with Gasteiger partial charge in [-0.05, 0) is 55.8 Å². The fraction of sp³-hybridized carbons (Fsp3) is 0.278. The Morgan fingerprint density at radius 2 is 1.93 bits per heavy atom. The van der Waals surface area contributed by atoms with E-state index in [-0.39, 0.29) is 11.3 Å². The molecule has 0 saturated heterocycles. The maximum absolute atomic E-state index is 11.5. The Morgan fingerprint density at radius 1 is 1.21 bits per heavy atom. The molecule has 0 aliphatic carbocycles. The molecule has 0 fully saturated rings. The summed E-state index contributed by atoms with van der Waals surface area (Å²) in [6.07, 6.45) is 0. The zero-order valence-corrected chi connectivity index (χ0v) is 16.3. The Kier molecular flexibility index (Phi) is 8.36. The predicted molar refractivity (Wildman–Crippen MR) is 106 cm³/mol. The number of aryl methyl sites for hydroxylation is 1. The number of benzene rings is 2. The summed E-state index contributed by atoms with van der Waals surface area (Å²) in [4.78, 5) is 14.1. The summed E-state index contributed by atoms with van der Waals surface area (Å²) >= 11 is 0.667. The van der Waals surface area contributed by atoms with Crippen LogP contribution < -0.4 is 10.6 Å². The van der Waals surface area contributed by atoms with E-state index in [9.17, 15) is 9.90 Å². The van der Waals surface area contributed by atoms with Gasteiger partial charge in [-0.3, -0.25) is 0 Å². The Morgan fingerprint density at radius 3 is 2.54 bits per heavy atom. The highest BCUT2D eigenvalue weighted by Crippen LogP contribution is 2.30. The summed E-state index contributed by atoms with van der Waals surface area (Å²) in [6.45, 7) is 6.14. The van der Waals surface area contributed by atoms with Gasteiger partial charge in [-0.2, -0.15) is 5.11 Å². The SMILES string of the molecule is CCN(CCN)c1ccc(N=Nc2ccc(SOOO)cc2C(=O)O)c(C)c1. The van der Waals surface area contributed by atoms with Gasteiger partial charge in [0, 0.05) is 30.2 Å². The van der Waals surface area contributed by atoms with Gasteiger partial charge in [-0.25, -0.2) is 10.1 Å². The second-order valence-corrected chi connectivity index (χ2v) is 6.52. The van der Waals surface area contributed by atoms with Crippen LogP contribution >= 0.6 is 12.0 Å². The molecule has 0 unspecified atom stereocenters. The van der Waals surface area contributed by atoms with E-state index in [1.54, 1.807) is 6.07 Å². The number of likely N-dealkylation sites (N-methyl/N-ethyl adjacent to an activating group) is 1. The van der Waals surface area contributed by atoms with E-state index in [0.717, 1.165) is 24.3 Å². The molecule has 4 N–H and O–H groups in total. The summed E-state index contributed by atoms with van der Waals surface area (Å²) in [5.41, 5.74) is 8.39. The van der Waals surface area contributed by atoms with Crippen LogP contribution in [0.5, 0.6) is 0 Å². The highest BCUT2D eigenvalue weighted by molar-refractivity contribution is 7.94. The minimum atomic E-state index is -1.16. The van der Waals surface area contributed by atoms with Crippen LogP contribution in [-0.2, 0) is 9.37 Å². The van der Waals surface area contributed by atoms with Crippen LogP contribution in [0.4, 0.5) is 17.1 Å². The van der Waals surface area contributed by atoms with Crippen LogP contribution in [0, 0.1) is 6.92 Å². The summed E-state index contributed by atoms with van der Waals surface area (Å²) in [6, 6.07) is 10.2. The predicted octanol–water partition coefficient (Wildman–Crippen LogP) is 4.32. The zero-order chi connectivity index (χ0) is 20.5. The third-order valence-corrected chi connectivity index (χ3v) is 4.53. The maximum atomic E-state index is 11.5. The second-order valence-electron chi connectivity index (χ2n) is 5.75. The van der Waals surface area contributed by atoms with Crippen molar-refractivity contribution in [2.45, 2.75) is 18.7 Å². The van der Waals surface area contributed by atoms with Crippen molar-refractivity contribution in [3.63, 3.8) is 0 Å². The van der Waals surface area contributed by atoms with Crippen molar-refractivity contribution in [1.82, 2.24) is 0 Å². The van der Waals surface area contributed by atoms with Gasteiger partial charge in [-0.1, -0.05) is 5.04 Å². The molecule has 0 bridgehead atoms. The highest BCUT2D eigenvalue weighted by atomic mass is 32.2. The lowest BCUT2D eigenvalue weighted by molar-refractivity contribution is -0.432. The molecule has 0 spiro atoms. The lowest BCUT2D eigenvalue weighted by Gasteiger charge is -2.22. The molecule has 28 heavy (non-hydrogen) atoms. The van der Waals surface area contributed by atoms with Crippen molar-refractivity contribution in [3.8, 4) is 0 Å². The Labute approximate surface area is 166 Å². The fourth-order valence-electron chi connectivity index (χ4n) is 2.56. The number of aromatic carboxylic acids is 1. The van der Waals surface area contributed by atoms with E-state index < -0.39 is 5.97 Å². The average molecular weight is 406 g/mol. The monoisotopic (exact) mass is 406 g/mol. The molecule has 10 heteroatoms. The van der Waals surface area contributed by atoms with Crippen LogP contribution in [0.25, 0.3) is 0 Å². The number of azo groups is 1. The van der Waals surface area contributed by atoms with Gasteiger partial charge in [-0.15, -0.1) is 9.45 Å². The van der Waals surface area contributed by atoms with E-state index in [1.165, 1.54) is 12.1 Å². The second kappa shape index (κ2) is 10.7. The lowest BCUT2D eigenvalue weighted by Crippen LogP contribution is -2.28. The number of anilines is 1. The summed E-state index contributed by atoms with van der Waals surface area (Å²) in [5.74, 6) is -1.16. The van der Waals surface area contributed by atoms with Crippen LogP contribution in [-0.4, -0.2) is 36.0 Å². The van der Waals surface area contributed by atoms with Gasteiger partial charge in [0.1, 0.15) is 5.69 Å². The minimum absolute atomic E-state index is 0.0512. The quantitative estimate of drug-likeness (QED) is 0.230. The van der Waals surface area contributed by atoms with Gasteiger partial charge in [0.15, 0.2) is 0 Å². The first-order valence-electron chi connectivity index (χ1n) is 8.49. The number of carbonyl (C=O) groups is 1. The first kappa shape index (κ1) is 21.8. The van der Waals surface area contributed by atoms with Gasteiger partial charge >= 0.3 is 5.97 Å². The van der Waals surface area contributed by atoms with Gasteiger partial charge in [0.25, 0.3) is 0 Å². The van der Waals surface area contributed by atoms with Crippen LogP contribution in [0.1, 0.15) is 22.8 Å². The van der Waals surface area contributed by atoms with Crippen LogP contribution in [0.3, 0.4) is 0 Å². The fourth-order valence-corrected chi connectivity index (χ4v) is 2.96. The average Bonchev–Trinajstić information content (AvgIpc) is 2.69. The molecule has 2 rings (SSSR count). The Hall–Kier alpha value is -2.50. The number of nitrogens with two attached hydrogens (primary N) is 1. The molecule has 0 aliphatic rings. The number of hydrogen-bond acceptors (Lipinski definition) is 9. The van der Waals surface area contributed by atoms with Crippen molar-refractivity contribution in [3.05, 3.63) is 47.5 Å². The van der Waals surface area contributed by atoms with Crippen LogP contribution in [0.2, 0.25) is 0 Å². The first-order chi connectivity index (χ1) is 13.5.